The summed E-state index contributed by atoms with van der Waals surface area (Å²) in [4.78, 5) is 10.6. The fourth-order valence-electron chi connectivity index (χ4n) is 1.90. The summed E-state index contributed by atoms with van der Waals surface area (Å²) in [5.74, 6) is 1.29. The van der Waals surface area contributed by atoms with Crippen LogP contribution in [0.25, 0.3) is 0 Å². The lowest BCUT2D eigenvalue weighted by molar-refractivity contribution is 0.358. The second-order valence-corrected chi connectivity index (χ2v) is 5.01. The number of rotatable bonds is 3. The predicted octanol–water partition coefficient (Wildman–Crippen LogP) is 1.51. The highest BCUT2D eigenvalue weighted by atomic mass is 79.9. The molecule has 3 heterocycles. The first-order valence-electron chi connectivity index (χ1n) is 5.58. The molecule has 94 valence electrons. The van der Waals surface area contributed by atoms with E-state index in [0.717, 1.165) is 17.6 Å². The van der Waals surface area contributed by atoms with Crippen molar-refractivity contribution in [3.63, 3.8) is 0 Å². The first-order valence-corrected chi connectivity index (χ1v) is 6.37. The molecule has 0 atom stereocenters. The SMILES string of the molecule is COc1ccnc(N2CC(n3cc(Br)cn3)C2)n1. The number of aromatic nitrogens is 4. The lowest BCUT2D eigenvalue weighted by atomic mass is 10.1. The predicted molar refractivity (Wildman–Crippen MR) is 69.8 cm³/mol. The van der Waals surface area contributed by atoms with Crippen molar-refractivity contribution in [2.45, 2.75) is 6.04 Å². The third kappa shape index (κ3) is 2.05. The third-order valence-corrected chi connectivity index (χ3v) is 3.33. The molecule has 0 saturated carbocycles. The molecule has 3 rings (SSSR count). The molecule has 1 aliphatic heterocycles. The Morgan fingerprint density at radius 2 is 2.28 bits per heavy atom. The number of anilines is 1. The van der Waals surface area contributed by atoms with E-state index in [1.165, 1.54) is 0 Å². The molecule has 1 saturated heterocycles. The zero-order chi connectivity index (χ0) is 12.5. The van der Waals surface area contributed by atoms with Crippen molar-refractivity contribution < 1.29 is 4.74 Å². The van der Waals surface area contributed by atoms with Gasteiger partial charge in [-0.3, -0.25) is 4.68 Å². The zero-order valence-electron chi connectivity index (χ0n) is 9.82. The van der Waals surface area contributed by atoms with E-state index >= 15 is 0 Å². The molecule has 7 heteroatoms. The molecule has 0 aliphatic carbocycles. The average Bonchev–Trinajstić information content (AvgIpc) is 2.74. The van der Waals surface area contributed by atoms with Crippen molar-refractivity contribution in [3.05, 3.63) is 29.1 Å². The topological polar surface area (TPSA) is 56.1 Å². The van der Waals surface area contributed by atoms with Crippen molar-refractivity contribution in [1.82, 2.24) is 19.7 Å². The first-order chi connectivity index (χ1) is 8.76. The molecule has 0 spiro atoms. The van der Waals surface area contributed by atoms with Crippen molar-refractivity contribution in [1.29, 1.82) is 0 Å². The normalized spacial score (nSPS) is 15.6. The van der Waals surface area contributed by atoms with E-state index in [1.807, 2.05) is 10.9 Å². The summed E-state index contributed by atoms with van der Waals surface area (Å²) in [5.41, 5.74) is 0. The van der Waals surface area contributed by atoms with Crippen LogP contribution in [0.1, 0.15) is 6.04 Å². The van der Waals surface area contributed by atoms with Gasteiger partial charge < -0.3 is 9.64 Å². The van der Waals surface area contributed by atoms with Crippen LogP contribution in [0.15, 0.2) is 29.1 Å². The Kier molecular flexibility index (Phi) is 2.91. The van der Waals surface area contributed by atoms with E-state index in [2.05, 4.69) is 35.9 Å². The molecule has 1 fully saturated rings. The van der Waals surface area contributed by atoms with Gasteiger partial charge in [-0.25, -0.2) is 4.98 Å². The van der Waals surface area contributed by atoms with Gasteiger partial charge >= 0.3 is 0 Å². The summed E-state index contributed by atoms with van der Waals surface area (Å²) in [5, 5.41) is 4.28. The molecule has 0 amide bonds. The van der Waals surface area contributed by atoms with Gasteiger partial charge in [0.25, 0.3) is 0 Å². The first kappa shape index (κ1) is 11.5. The molecular formula is C11H12BrN5O. The maximum absolute atomic E-state index is 5.09. The number of nitrogens with zero attached hydrogens (tertiary/aromatic N) is 5. The molecular weight excluding hydrogens is 298 g/mol. The highest BCUT2D eigenvalue weighted by molar-refractivity contribution is 9.10. The maximum Gasteiger partial charge on any atom is 0.228 e. The fraction of sp³-hybridized carbons (Fsp3) is 0.364. The largest absolute Gasteiger partial charge is 0.481 e. The summed E-state index contributed by atoms with van der Waals surface area (Å²) in [6, 6.07) is 2.12. The van der Waals surface area contributed by atoms with Gasteiger partial charge in [-0.1, -0.05) is 0 Å². The van der Waals surface area contributed by atoms with Crippen molar-refractivity contribution in [2.24, 2.45) is 0 Å². The fourth-order valence-corrected chi connectivity index (χ4v) is 2.20. The number of halogens is 1. The van der Waals surface area contributed by atoms with Crippen LogP contribution in [0.2, 0.25) is 0 Å². The van der Waals surface area contributed by atoms with Gasteiger partial charge in [0.15, 0.2) is 0 Å². The quantitative estimate of drug-likeness (QED) is 0.860. The van der Waals surface area contributed by atoms with E-state index in [0.29, 0.717) is 17.9 Å². The lowest BCUT2D eigenvalue weighted by Gasteiger charge is -2.39. The van der Waals surface area contributed by atoms with Gasteiger partial charge in [0.05, 0.1) is 23.8 Å². The third-order valence-electron chi connectivity index (χ3n) is 2.92. The van der Waals surface area contributed by atoms with E-state index in [-0.39, 0.29) is 0 Å². The molecule has 2 aromatic heterocycles. The molecule has 2 aromatic rings. The van der Waals surface area contributed by atoms with Crippen LogP contribution in [0.5, 0.6) is 5.88 Å². The number of hydrogen-bond donors (Lipinski definition) is 0. The van der Waals surface area contributed by atoms with Crippen molar-refractivity contribution >= 4 is 21.9 Å². The Balaban J connectivity index is 1.68. The van der Waals surface area contributed by atoms with E-state index in [9.17, 15) is 0 Å². The molecule has 6 nitrogen and oxygen atoms in total. The van der Waals surface area contributed by atoms with Gasteiger partial charge in [0, 0.05) is 31.5 Å². The Labute approximate surface area is 113 Å². The van der Waals surface area contributed by atoms with Crippen LogP contribution in [-0.2, 0) is 0 Å². The Hall–Kier alpha value is -1.63. The summed E-state index contributed by atoms with van der Waals surface area (Å²) in [6.07, 6.45) is 5.48. The minimum absolute atomic E-state index is 0.381. The molecule has 0 N–H and O–H groups in total. The van der Waals surface area contributed by atoms with E-state index in [4.69, 9.17) is 4.74 Å². The Morgan fingerprint density at radius 1 is 1.44 bits per heavy atom. The van der Waals surface area contributed by atoms with Crippen LogP contribution in [0.3, 0.4) is 0 Å². The lowest BCUT2D eigenvalue weighted by Crippen LogP contribution is -2.48. The monoisotopic (exact) mass is 309 g/mol. The van der Waals surface area contributed by atoms with Gasteiger partial charge in [-0.2, -0.15) is 10.1 Å². The van der Waals surface area contributed by atoms with Crippen molar-refractivity contribution in [2.75, 3.05) is 25.1 Å². The molecule has 0 unspecified atom stereocenters. The van der Waals surface area contributed by atoms with Crippen LogP contribution >= 0.6 is 15.9 Å². The smallest absolute Gasteiger partial charge is 0.228 e. The van der Waals surface area contributed by atoms with Gasteiger partial charge in [-0.05, 0) is 15.9 Å². The summed E-state index contributed by atoms with van der Waals surface area (Å²) in [6.45, 7) is 1.72. The average molecular weight is 310 g/mol. The minimum Gasteiger partial charge on any atom is -0.481 e. The number of methoxy groups -OCH3 is 1. The molecule has 0 bridgehead atoms. The molecule has 18 heavy (non-hydrogen) atoms. The van der Waals surface area contributed by atoms with Crippen LogP contribution < -0.4 is 9.64 Å². The van der Waals surface area contributed by atoms with E-state index < -0.39 is 0 Å². The van der Waals surface area contributed by atoms with Crippen molar-refractivity contribution in [3.8, 4) is 5.88 Å². The van der Waals surface area contributed by atoms with Crippen LogP contribution in [0, 0.1) is 0 Å². The standard InChI is InChI=1S/C11H12BrN5O/c1-18-10-2-3-13-11(15-10)16-6-9(7-16)17-5-8(12)4-14-17/h2-5,9H,6-7H2,1H3. The second-order valence-electron chi connectivity index (χ2n) is 4.10. The molecule has 1 aliphatic rings. The second kappa shape index (κ2) is 4.56. The summed E-state index contributed by atoms with van der Waals surface area (Å²) >= 11 is 3.39. The summed E-state index contributed by atoms with van der Waals surface area (Å²) in [7, 11) is 1.60. The van der Waals surface area contributed by atoms with Crippen LogP contribution in [0.4, 0.5) is 5.95 Å². The number of hydrogen-bond acceptors (Lipinski definition) is 5. The zero-order valence-corrected chi connectivity index (χ0v) is 11.4. The van der Waals surface area contributed by atoms with Gasteiger partial charge in [0.2, 0.25) is 11.8 Å². The minimum atomic E-state index is 0.381. The Morgan fingerprint density at radius 3 is 2.94 bits per heavy atom. The number of ether oxygens (including phenoxy) is 1. The van der Waals surface area contributed by atoms with E-state index in [1.54, 1.807) is 25.6 Å². The van der Waals surface area contributed by atoms with Gasteiger partial charge in [0.1, 0.15) is 0 Å². The molecule has 0 radical (unpaired) electrons. The van der Waals surface area contributed by atoms with Crippen LogP contribution in [-0.4, -0.2) is 39.9 Å². The maximum atomic E-state index is 5.09. The highest BCUT2D eigenvalue weighted by Gasteiger charge is 2.30. The van der Waals surface area contributed by atoms with Gasteiger partial charge in [-0.15, -0.1) is 0 Å². The highest BCUT2D eigenvalue weighted by Crippen LogP contribution is 2.26. The Bertz CT molecular complexity index is 552. The molecule has 0 aromatic carbocycles. The summed E-state index contributed by atoms with van der Waals surface area (Å²) < 4.78 is 8.04.